The minimum atomic E-state index is 0.562. The Balaban J connectivity index is 2.37. The van der Waals surface area contributed by atoms with E-state index in [-0.39, 0.29) is 0 Å². The zero-order chi connectivity index (χ0) is 9.97. The van der Waals surface area contributed by atoms with E-state index >= 15 is 0 Å². The summed E-state index contributed by atoms with van der Waals surface area (Å²) in [7, 11) is 0. The van der Waals surface area contributed by atoms with Gasteiger partial charge in [0.2, 0.25) is 0 Å². The van der Waals surface area contributed by atoms with E-state index in [0.717, 1.165) is 29.4 Å². The minimum absolute atomic E-state index is 0.562. The summed E-state index contributed by atoms with van der Waals surface area (Å²) in [6, 6.07) is 5.96. The van der Waals surface area contributed by atoms with Crippen LogP contribution in [0, 0.1) is 0 Å². The van der Waals surface area contributed by atoms with Crippen LogP contribution in [0.5, 0.6) is 0 Å². The smallest absolute Gasteiger partial charge is 0.0642 e. The van der Waals surface area contributed by atoms with Gasteiger partial charge in [0, 0.05) is 19.6 Å². The van der Waals surface area contributed by atoms with Crippen molar-refractivity contribution in [1.82, 2.24) is 0 Å². The first-order valence-corrected chi connectivity index (χ1v) is 5.43. The molecule has 1 heterocycles. The lowest BCUT2D eigenvalue weighted by atomic mass is 10.1. The van der Waals surface area contributed by atoms with Crippen molar-refractivity contribution < 1.29 is 0 Å². The highest BCUT2D eigenvalue weighted by molar-refractivity contribution is 6.33. The van der Waals surface area contributed by atoms with Crippen LogP contribution in [-0.4, -0.2) is 13.1 Å². The monoisotopic (exact) mass is 210 g/mol. The molecular formula is C11H15ClN2. The largest absolute Gasteiger partial charge is 0.370 e. The Morgan fingerprint density at radius 1 is 1.29 bits per heavy atom. The van der Waals surface area contributed by atoms with Gasteiger partial charge in [-0.25, -0.2) is 0 Å². The summed E-state index contributed by atoms with van der Waals surface area (Å²) in [5, 5.41) is 0.829. The zero-order valence-corrected chi connectivity index (χ0v) is 8.93. The van der Waals surface area contributed by atoms with Crippen LogP contribution in [0.3, 0.4) is 0 Å². The standard InChI is InChI=1S/C11H15ClN2/c12-10-5-3-4-9(8-13)11(10)14-6-1-2-7-14/h3-5H,1-2,6-8,13H2. The van der Waals surface area contributed by atoms with E-state index in [4.69, 9.17) is 17.3 Å². The molecule has 1 aromatic rings. The fraction of sp³-hybridized carbons (Fsp3) is 0.455. The Morgan fingerprint density at radius 3 is 2.64 bits per heavy atom. The van der Waals surface area contributed by atoms with Crippen molar-refractivity contribution in [1.29, 1.82) is 0 Å². The van der Waals surface area contributed by atoms with Crippen LogP contribution >= 0.6 is 11.6 Å². The highest BCUT2D eigenvalue weighted by atomic mass is 35.5. The predicted molar refractivity (Wildman–Crippen MR) is 60.8 cm³/mol. The van der Waals surface area contributed by atoms with E-state index in [1.807, 2.05) is 12.1 Å². The summed E-state index contributed by atoms with van der Waals surface area (Å²) < 4.78 is 0. The van der Waals surface area contributed by atoms with Crippen LogP contribution < -0.4 is 10.6 Å². The van der Waals surface area contributed by atoms with Crippen molar-refractivity contribution in [3.05, 3.63) is 28.8 Å². The Morgan fingerprint density at radius 2 is 2.00 bits per heavy atom. The van der Waals surface area contributed by atoms with Crippen LogP contribution in [0.2, 0.25) is 5.02 Å². The lowest BCUT2D eigenvalue weighted by Crippen LogP contribution is -2.20. The average molecular weight is 211 g/mol. The number of para-hydroxylation sites is 1. The molecule has 1 saturated heterocycles. The molecule has 0 spiro atoms. The molecule has 76 valence electrons. The second-order valence-electron chi connectivity index (χ2n) is 3.65. The van der Waals surface area contributed by atoms with E-state index in [2.05, 4.69) is 11.0 Å². The Labute approximate surface area is 89.7 Å². The molecule has 2 N–H and O–H groups in total. The van der Waals surface area contributed by atoms with Gasteiger partial charge in [-0.3, -0.25) is 0 Å². The molecule has 3 heteroatoms. The van der Waals surface area contributed by atoms with Gasteiger partial charge in [0.25, 0.3) is 0 Å². The molecule has 1 aliphatic rings. The molecule has 2 nitrogen and oxygen atoms in total. The summed E-state index contributed by atoms with van der Waals surface area (Å²) in [6.07, 6.45) is 2.52. The van der Waals surface area contributed by atoms with Gasteiger partial charge in [-0.15, -0.1) is 0 Å². The highest BCUT2D eigenvalue weighted by Crippen LogP contribution is 2.31. The van der Waals surface area contributed by atoms with Crippen molar-refractivity contribution in [2.24, 2.45) is 5.73 Å². The normalized spacial score (nSPS) is 16.3. The van der Waals surface area contributed by atoms with Gasteiger partial charge in [0.15, 0.2) is 0 Å². The maximum Gasteiger partial charge on any atom is 0.0642 e. The van der Waals surface area contributed by atoms with Gasteiger partial charge < -0.3 is 10.6 Å². The molecule has 1 aromatic carbocycles. The molecule has 2 rings (SSSR count). The first-order valence-electron chi connectivity index (χ1n) is 5.05. The Hall–Kier alpha value is -0.730. The Kier molecular flexibility index (Phi) is 2.94. The number of benzene rings is 1. The zero-order valence-electron chi connectivity index (χ0n) is 8.17. The summed E-state index contributed by atoms with van der Waals surface area (Å²) in [4.78, 5) is 2.34. The van der Waals surface area contributed by atoms with Gasteiger partial charge in [-0.2, -0.15) is 0 Å². The van der Waals surface area contributed by atoms with Crippen molar-refractivity contribution in [2.75, 3.05) is 18.0 Å². The third-order valence-electron chi connectivity index (χ3n) is 2.71. The average Bonchev–Trinajstić information content (AvgIpc) is 2.70. The third kappa shape index (κ3) is 1.72. The minimum Gasteiger partial charge on any atom is -0.370 e. The van der Waals surface area contributed by atoms with Gasteiger partial charge >= 0.3 is 0 Å². The van der Waals surface area contributed by atoms with Gasteiger partial charge in [0.05, 0.1) is 10.7 Å². The number of hydrogen-bond acceptors (Lipinski definition) is 2. The van der Waals surface area contributed by atoms with Crippen molar-refractivity contribution >= 4 is 17.3 Å². The van der Waals surface area contributed by atoms with Crippen LogP contribution in [-0.2, 0) is 6.54 Å². The number of nitrogens with zero attached hydrogens (tertiary/aromatic N) is 1. The Bertz CT molecular complexity index is 319. The van der Waals surface area contributed by atoms with Crippen molar-refractivity contribution in [3.8, 4) is 0 Å². The molecule has 1 aliphatic heterocycles. The fourth-order valence-corrected chi connectivity index (χ4v) is 2.33. The number of halogens is 1. The van der Waals surface area contributed by atoms with E-state index < -0.39 is 0 Å². The lowest BCUT2D eigenvalue weighted by molar-refractivity contribution is 0.941. The molecule has 0 atom stereocenters. The molecule has 0 aromatic heterocycles. The molecular weight excluding hydrogens is 196 g/mol. The summed E-state index contributed by atoms with van der Waals surface area (Å²) in [5.74, 6) is 0. The van der Waals surface area contributed by atoms with Crippen LogP contribution in [0.15, 0.2) is 18.2 Å². The third-order valence-corrected chi connectivity index (χ3v) is 3.02. The second-order valence-corrected chi connectivity index (χ2v) is 4.05. The van der Waals surface area contributed by atoms with E-state index in [1.54, 1.807) is 0 Å². The van der Waals surface area contributed by atoms with Crippen molar-refractivity contribution in [2.45, 2.75) is 19.4 Å². The van der Waals surface area contributed by atoms with Crippen LogP contribution in [0.25, 0.3) is 0 Å². The molecule has 0 bridgehead atoms. The van der Waals surface area contributed by atoms with Crippen LogP contribution in [0.1, 0.15) is 18.4 Å². The van der Waals surface area contributed by atoms with E-state index in [1.165, 1.54) is 12.8 Å². The molecule has 0 radical (unpaired) electrons. The van der Waals surface area contributed by atoms with Crippen LogP contribution in [0.4, 0.5) is 5.69 Å². The lowest BCUT2D eigenvalue weighted by Gasteiger charge is -2.22. The number of anilines is 1. The van der Waals surface area contributed by atoms with Gasteiger partial charge in [-0.1, -0.05) is 23.7 Å². The molecule has 0 saturated carbocycles. The predicted octanol–water partition coefficient (Wildman–Crippen LogP) is 2.40. The fourth-order valence-electron chi connectivity index (χ4n) is 2.02. The SMILES string of the molecule is NCc1cccc(Cl)c1N1CCCC1. The first kappa shape index (κ1) is 9.81. The van der Waals surface area contributed by atoms with E-state index in [9.17, 15) is 0 Å². The number of nitrogens with two attached hydrogens (primary N) is 1. The summed E-state index contributed by atoms with van der Waals surface area (Å²) >= 11 is 6.19. The first-order chi connectivity index (χ1) is 6.83. The molecule has 0 unspecified atom stereocenters. The topological polar surface area (TPSA) is 29.3 Å². The number of rotatable bonds is 2. The molecule has 0 aliphatic carbocycles. The molecule has 14 heavy (non-hydrogen) atoms. The second kappa shape index (κ2) is 4.20. The summed E-state index contributed by atoms with van der Waals surface area (Å²) in [6.45, 7) is 2.78. The van der Waals surface area contributed by atoms with E-state index in [0.29, 0.717) is 6.54 Å². The van der Waals surface area contributed by atoms with Gasteiger partial charge in [-0.05, 0) is 24.5 Å². The van der Waals surface area contributed by atoms with Crippen molar-refractivity contribution in [3.63, 3.8) is 0 Å². The highest BCUT2D eigenvalue weighted by Gasteiger charge is 2.17. The van der Waals surface area contributed by atoms with Gasteiger partial charge in [0.1, 0.15) is 0 Å². The quantitative estimate of drug-likeness (QED) is 0.813. The maximum atomic E-state index is 6.19. The molecule has 0 amide bonds. The maximum absolute atomic E-state index is 6.19. The summed E-state index contributed by atoms with van der Waals surface area (Å²) in [5.41, 5.74) is 8.00. The number of hydrogen-bond donors (Lipinski definition) is 1. The molecule has 1 fully saturated rings.